The van der Waals surface area contributed by atoms with E-state index in [1.54, 1.807) is 24.4 Å². The van der Waals surface area contributed by atoms with Crippen molar-refractivity contribution in [1.29, 1.82) is 0 Å². The largest absolute Gasteiger partial charge is 0.480 e. The van der Waals surface area contributed by atoms with Gasteiger partial charge in [0.05, 0.1) is 34.7 Å². The van der Waals surface area contributed by atoms with E-state index in [4.69, 9.17) is 27.9 Å². The predicted molar refractivity (Wildman–Crippen MR) is 119 cm³/mol. The molecule has 3 N–H and O–H groups in total. The second-order valence-electron chi connectivity index (χ2n) is 7.10. The van der Waals surface area contributed by atoms with Gasteiger partial charge in [0.2, 0.25) is 11.8 Å². The zero-order valence-corrected chi connectivity index (χ0v) is 18.2. The van der Waals surface area contributed by atoms with Crippen LogP contribution in [0.5, 0.6) is 5.88 Å². The number of hydrogen-bond acceptors (Lipinski definition) is 7. The molecule has 2 aromatic heterocycles. The van der Waals surface area contributed by atoms with Gasteiger partial charge in [-0.15, -0.1) is 0 Å². The van der Waals surface area contributed by atoms with Gasteiger partial charge >= 0.3 is 0 Å². The van der Waals surface area contributed by atoms with Crippen molar-refractivity contribution in [3.8, 4) is 5.88 Å². The lowest BCUT2D eigenvalue weighted by Crippen LogP contribution is -2.15. The zero-order chi connectivity index (χ0) is 21.8. The number of nitrogens with one attached hydrogen (secondary N) is 3. The molecule has 1 amide bonds. The number of ether oxygens (including phenoxy) is 1. The fraction of sp³-hybridized carbons (Fsp3) is 0.300. The van der Waals surface area contributed by atoms with Crippen molar-refractivity contribution in [3.63, 3.8) is 0 Å². The molecule has 4 rings (SSSR count). The number of anilines is 3. The van der Waals surface area contributed by atoms with Crippen molar-refractivity contribution in [1.82, 2.24) is 25.1 Å². The van der Waals surface area contributed by atoms with E-state index in [9.17, 15) is 4.79 Å². The lowest BCUT2D eigenvalue weighted by molar-refractivity contribution is 0.102. The standard InChI is InChI=1S/C20H21Cl2N7O2/c1-31-19-14(18(30)27-17-15(21)3-2-4-16(17)22)9-24-20(28-19)26-13-8-25-29(11-13)10-12-5-6-23-7-12/h2-4,8-9,11-12,23H,5-7,10H2,1H3,(H,27,30)(H,24,26,28)/t12-/m1/s1. The highest BCUT2D eigenvalue weighted by Gasteiger charge is 2.19. The number of nitrogens with zero attached hydrogens (tertiary/aromatic N) is 4. The number of methoxy groups -OCH3 is 1. The highest BCUT2D eigenvalue weighted by molar-refractivity contribution is 6.40. The minimum absolute atomic E-state index is 0.114. The quantitative estimate of drug-likeness (QED) is 0.493. The van der Waals surface area contributed by atoms with Gasteiger partial charge < -0.3 is 20.7 Å². The SMILES string of the molecule is COc1nc(Nc2cnn(C[C@@H]3CCNC3)c2)ncc1C(=O)Nc1c(Cl)cccc1Cl. The van der Waals surface area contributed by atoms with E-state index in [2.05, 4.69) is 31.0 Å². The summed E-state index contributed by atoms with van der Waals surface area (Å²) in [6.45, 7) is 2.90. The van der Waals surface area contributed by atoms with Crippen LogP contribution in [0.1, 0.15) is 16.8 Å². The number of carbonyl (C=O) groups excluding carboxylic acids is 1. The predicted octanol–water partition coefficient (Wildman–Crippen LogP) is 3.59. The first-order valence-corrected chi connectivity index (χ1v) is 10.5. The highest BCUT2D eigenvalue weighted by atomic mass is 35.5. The first-order chi connectivity index (χ1) is 15.0. The van der Waals surface area contributed by atoms with Gasteiger partial charge in [0, 0.05) is 18.9 Å². The smallest absolute Gasteiger partial charge is 0.262 e. The number of amides is 1. The molecule has 0 saturated carbocycles. The second kappa shape index (κ2) is 9.51. The van der Waals surface area contributed by atoms with Crippen LogP contribution in [0.2, 0.25) is 10.0 Å². The van der Waals surface area contributed by atoms with E-state index in [-0.39, 0.29) is 17.4 Å². The van der Waals surface area contributed by atoms with E-state index in [0.717, 1.165) is 31.7 Å². The summed E-state index contributed by atoms with van der Waals surface area (Å²) in [4.78, 5) is 21.2. The first-order valence-electron chi connectivity index (χ1n) is 9.70. The van der Waals surface area contributed by atoms with Gasteiger partial charge in [-0.05, 0) is 37.6 Å². The Labute approximate surface area is 189 Å². The van der Waals surface area contributed by atoms with Gasteiger partial charge in [-0.25, -0.2) is 4.98 Å². The third-order valence-corrected chi connectivity index (χ3v) is 5.52. The second-order valence-corrected chi connectivity index (χ2v) is 7.92. The van der Waals surface area contributed by atoms with Gasteiger partial charge in [0.1, 0.15) is 5.56 Å². The van der Waals surface area contributed by atoms with E-state index >= 15 is 0 Å². The Kier molecular flexibility index (Phi) is 6.55. The average Bonchev–Trinajstić information content (AvgIpc) is 3.43. The van der Waals surface area contributed by atoms with Crippen LogP contribution in [0.3, 0.4) is 0 Å². The maximum Gasteiger partial charge on any atom is 0.262 e. The van der Waals surface area contributed by atoms with Crippen LogP contribution in [0.4, 0.5) is 17.3 Å². The molecule has 9 nitrogen and oxygen atoms in total. The van der Waals surface area contributed by atoms with Gasteiger partial charge in [-0.2, -0.15) is 10.1 Å². The van der Waals surface area contributed by atoms with Crippen LogP contribution >= 0.6 is 23.2 Å². The van der Waals surface area contributed by atoms with Gasteiger partial charge in [0.15, 0.2) is 0 Å². The molecule has 31 heavy (non-hydrogen) atoms. The third kappa shape index (κ3) is 5.07. The third-order valence-electron chi connectivity index (χ3n) is 4.89. The molecule has 3 heterocycles. The van der Waals surface area contributed by atoms with Crippen LogP contribution in [-0.2, 0) is 6.54 Å². The summed E-state index contributed by atoms with van der Waals surface area (Å²) >= 11 is 12.2. The Bertz CT molecular complexity index is 1060. The van der Waals surface area contributed by atoms with Crippen LogP contribution < -0.4 is 20.7 Å². The molecule has 0 bridgehead atoms. The molecule has 0 radical (unpaired) electrons. The van der Waals surface area contributed by atoms with Crippen molar-refractivity contribution >= 4 is 46.4 Å². The van der Waals surface area contributed by atoms with Crippen LogP contribution in [0.15, 0.2) is 36.8 Å². The van der Waals surface area contributed by atoms with Crippen LogP contribution in [-0.4, -0.2) is 45.9 Å². The number of aromatic nitrogens is 4. The molecule has 162 valence electrons. The van der Waals surface area contributed by atoms with E-state index in [1.807, 2.05) is 10.9 Å². The molecular formula is C20H21Cl2N7O2. The number of halogens is 2. The number of hydrogen-bond donors (Lipinski definition) is 3. The summed E-state index contributed by atoms with van der Waals surface area (Å²) in [5, 5.41) is 14.1. The molecule has 1 atom stereocenters. The number of rotatable bonds is 7. The Balaban J connectivity index is 1.46. The maximum atomic E-state index is 12.7. The molecule has 1 aromatic carbocycles. The Morgan fingerprint density at radius 2 is 2.13 bits per heavy atom. The summed E-state index contributed by atoms with van der Waals surface area (Å²) < 4.78 is 7.19. The first kappa shape index (κ1) is 21.4. The van der Waals surface area contributed by atoms with E-state index in [0.29, 0.717) is 21.7 Å². The number of carbonyl (C=O) groups is 1. The zero-order valence-electron chi connectivity index (χ0n) is 16.7. The number of para-hydroxylation sites is 1. The summed E-state index contributed by atoms with van der Waals surface area (Å²) in [6.07, 6.45) is 6.13. The monoisotopic (exact) mass is 461 g/mol. The van der Waals surface area contributed by atoms with Gasteiger partial charge in [0.25, 0.3) is 5.91 Å². The maximum absolute atomic E-state index is 12.7. The van der Waals surface area contributed by atoms with Crippen molar-refractivity contribution in [2.45, 2.75) is 13.0 Å². The molecule has 0 unspecified atom stereocenters. The minimum Gasteiger partial charge on any atom is -0.480 e. The summed E-state index contributed by atoms with van der Waals surface area (Å²) in [7, 11) is 1.43. The molecule has 1 aliphatic heterocycles. The molecule has 1 fully saturated rings. The lowest BCUT2D eigenvalue weighted by Gasteiger charge is -2.12. The van der Waals surface area contributed by atoms with Crippen molar-refractivity contribution in [3.05, 3.63) is 52.4 Å². The van der Waals surface area contributed by atoms with E-state index < -0.39 is 5.91 Å². The van der Waals surface area contributed by atoms with E-state index in [1.165, 1.54) is 13.3 Å². The molecular weight excluding hydrogens is 441 g/mol. The fourth-order valence-electron chi connectivity index (χ4n) is 3.33. The normalized spacial score (nSPS) is 15.6. The van der Waals surface area contributed by atoms with Crippen LogP contribution in [0.25, 0.3) is 0 Å². The van der Waals surface area contributed by atoms with Crippen molar-refractivity contribution < 1.29 is 9.53 Å². The number of benzene rings is 1. The van der Waals surface area contributed by atoms with Gasteiger partial charge in [-0.3, -0.25) is 9.48 Å². The highest BCUT2D eigenvalue weighted by Crippen LogP contribution is 2.31. The molecule has 3 aromatic rings. The Hall–Kier alpha value is -2.88. The molecule has 11 heteroatoms. The molecule has 0 aliphatic carbocycles. The van der Waals surface area contributed by atoms with Crippen molar-refractivity contribution in [2.75, 3.05) is 30.8 Å². The molecule has 1 aliphatic rings. The summed E-state index contributed by atoms with van der Waals surface area (Å²) in [5.74, 6) is 0.485. The lowest BCUT2D eigenvalue weighted by atomic mass is 10.1. The summed E-state index contributed by atoms with van der Waals surface area (Å²) in [5.41, 5.74) is 1.20. The molecule has 0 spiro atoms. The minimum atomic E-state index is -0.489. The van der Waals surface area contributed by atoms with Gasteiger partial charge in [-0.1, -0.05) is 29.3 Å². The van der Waals surface area contributed by atoms with Crippen molar-refractivity contribution in [2.24, 2.45) is 5.92 Å². The molecule has 1 saturated heterocycles. The topological polar surface area (TPSA) is 106 Å². The van der Waals surface area contributed by atoms with Crippen LogP contribution in [0, 0.1) is 5.92 Å². The average molecular weight is 462 g/mol. The Morgan fingerprint density at radius 1 is 1.32 bits per heavy atom. The fourth-order valence-corrected chi connectivity index (χ4v) is 3.82. The Morgan fingerprint density at radius 3 is 2.84 bits per heavy atom. The summed E-state index contributed by atoms with van der Waals surface area (Å²) in [6, 6.07) is 4.96.